The Bertz CT molecular complexity index is 586. The molecule has 0 saturated heterocycles. The number of hydrogen-bond acceptors (Lipinski definition) is 4. The Morgan fingerprint density at radius 3 is 3.06 bits per heavy atom. The Labute approximate surface area is 113 Å². The Balaban J connectivity index is 2.40. The number of fused-ring (bicyclic) bond motifs is 1. The van der Waals surface area contributed by atoms with E-state index in [-0.39, 0.29) is 5.75 Å². The van der Waals surface area contributed by atoms with Crippen molar-refractivity contribution >= 4 is 33.3 Å². The molecule has 1 N–H and O–H groups in total. The van der Waals surface area contributed by atoms with Crippen LogP contribution in [0.25, 0.3) is 10.9 Å². The van der Waals surface area contributed by atoms with Crippen molar-refractivity contribution in [2.24, 2.45) is 0 Å². The number of hydrogen-bond donors (Lipinski definition) is 1. The van der Waals surface area contributed by atoms with Crippen molar-refractivity contribution in [1.29, 1.82) is 0 Å². The van der Waals surface area contributed by atoms with E-state index in [1.54, 1.807) is 6.20 Å². The molecule has 0 aliphatic heterocycles. The number of nitrogens with zero attached hydrogens (tertiary/aromatic N) is 1. The normalized spacial score (nSPS) is 12.3. The zero-order valence-corrected chi connectivity index (χ0v) is 11.3. The molecule has 4 nitrogen and oxygen atoms in total. The van der Waals surface area contributed by atoms with Crippen LogP contribution in [0.5, 0.6) is 5.75 Å². The molecule has 94 valence electrons. The third-order valence-electron chi connectivity index (χ3n) is 2.65. The van der Waals surface area contributed by atoms with Crippen LogP contribution in [0.3, 0.4) is 0 Å². The molecule has 0 radical (unpaired) electrons. The smallest absolute Gasteiger partial charge is 0.294 e. The fourth-order valence-corrected chi connectivity index (χ4v) is 2.20. The van der Waals surface area contributed by atoms with Crippen molar-refractivity contribution in [1.82, 2.24) is 4.98 Å². The molecular weight excluding hydrogens is 298 g/mol. The van der Waals surface area contributed by atoms with E-state index in [1.165, 1.54) is 0 Å². The Kier molecular flexibility index (Phi) is 3.81. The molecule has 18 heavy (non-hydrogen) atoms. The highest BCUT2D eigenvalue weighted by Crippen LogP contribution is 2.29. The van der Waals surface area contributed by atoms with Gasteiger partial charge < -0.3 is 9.84 Å². The van der Waals surface area contributed by atoms with Gasteiger partial charge in [0.05, 0.1) is 5.52 Å². The minimum Gasteiger partial charge on any atom is -0.507 e. The molecule has 1 heterocycles. The summed E-state index contributed by atoms with van der Waals surface area (Å²) in [7, 11) is 0. The van der Waals surface area contributed by atoms with Gasteiger partial charge in [-0.1, -0.05) is 11.6 Å². The van der Waals surface area contributed by atoms with Gasteiger partial charge in [0, 0.05) is 23.6 Å². The first-order valence-corrected chi connectivity index (χ1v) is 6.33. The number of aromatic nitrogens is 1. The number of pyridine rings is 1. The molecule has 1 unspecified atom stereocenters. The van der Waals surface area contributed by atoms with Crippen LogP contribution in [0.2, 0.25) is 0 Å². The lowest BCUT2D eigenvalue weighted by molar-refractivity contribution is -0.129. The fourth-order valence-electron chi connectivity index (χ4n) is 1.76. The molecular formula is C13H12BrNO3. The summed E-state index contributed by atoms with van der Waals surface area (Å²) < 4.78 is 4.73. The van der Waals surface area contributed by atoms with E-state index in [2.05, 4.69) is 20.9 Å². The maximum absolute atomic E-state index is 10.2. The lowest BCUT2D eigenvalue weighted by Crippen LogP contribution is -2.07. The molecule has 0 fully saturated rings. The van der Waals surface area contributed by atoms with Crippen LogP contribution in [0.1, 0.15) is 11.1 Å². The molecule has 0 bridgehead atoms. The number of ether oxygens (including phenoxy) is 1. The summed E-state index contributed by atoms with van der Waals surface area (Å²) in [4.78, 5) is 14.5. The van der Waals surface area contributed by atoms with Gasteiger partial charge in [-0.05, 0) is 35.0 Å². The van der Waals surface area contributed by atoms with Crippen LogP contribution in [0.4, 0.5) is 0 Å². The molecule has 1 aromatic carbocycles. The van der Waals surface area contributed by atoms with Crippen molar-refractivity contribution in [2.75, 3.05) is 0 Å². The average Bonchev–Trinajstić information content (AvgIpc) is 2.34. The van der Waals surface area contributed by atoms with Crippen LogP contribution < -0.4 is 0 Å². The number of rotatable bonds is 4. The van der Waals surface area contributed by atoms with Gasteiger partial charge in [-0.3, -0.25) is 9.78 Å². The standard InChI is InChI=1S/C13H12BrNO3/c1-8-2-3-11-10(4-8)13(17)9(6-15-11)5-12(14)18-7-16/h2-4,6-7,12H,5H2,1H3,(H,15,17). The Hall–Kier alpha value is -1.62. The summed E-state index contributed by atoms with van der Waals surface area (Å²) in [6, 6.07) is 5.68. The maximum atomic E-state index is 10.2. The summed E-state index contributed by atoms with van der Waals surface area (Å²) in [5.74, 6) is 0.183. The molecule has 5 heteroatoms. The van der Waals surface area contributed by atoms with Crippen molar-refractivity contribution in [2.45, 2.75) is 18.4 Å². The second-order valence-electron chi connectivity index (χ2n) is 4.00. The first-order chi connectivity index (χ1) is 8.61. The average molecular weight is 310 g/mol. The number of carbonyl (C=O) groups excluding carboxylic acids is 1. The zero-order valence-electron chi connectivity index (χ0n) is 9.76. The number of aromatic hydroxyl groups is 1. The van der Waals surface area contributed by atoms with E-state index in [0.717, 1.165) is 11.1 Å². The molecule has 1 atom stereocenters. The Morgan fingerprint density at radius 1 is 1.56 bits per heavy atom. The molecule has 2 aromatic rings. The van der Waals surface area contributed by atoms with Crippen LogP contribution in [-0.2, 0) is 16.0 Å². The van der Waals surface area contributed by atoms with E-state index in [0.29, 0.717) is 23.8 Å². The SMILES string of the molecule is Cc1ccc2ncc(CC(Br)OC=O)c(O)c2c1. The van der Waals surface area contributed by atoms with Crippen LogP contribution >= 0.6 is 15.9 Å². The van der Waals surface area contributed by atoms with E-state index >= 15 is 0 Å². The van der Waals surface area contributed by atoms with E-state index in [1.807, 2.05) is 25.1 Å². The highest BCUT2D eigenvalue weighted by molar-refractivity contribution is 9.09. The summed E-state index contributed by atoms with van der Waals surface area (Å²) >= 11 is 3.20. The monoisotopic (exact) mass is 309 g/mol. The van der Waals surface area contributed by atoms with Gasteiger partial charge in [-0.2, -0.15) is 0 Å². The third kappa shape index (κ3) is 2.61. The molecule has 0 saturated carbocycles. The topological polar surface area (TPSA) is 59.4 Å². The van der Waals surface area contributed by atoms with Crippen LogP contribution in [0.15, 0.2) is 24.4 Å². The molecule has 0 aliphatic rings. The van der Waals surface area contributed by atoms with Crippen molar-refractivity contribution in [3.63, 3.8) is 0 Å². The summed E-state index contributed by atoms with van der Waals surface area (Å²) in [5, 5.41) is 10.4. The highest BCUT2D eigenvalue weighted by Gasteiger charge is 2.12. The zero-order chi connectivity index (χ0) is 13.1. The van der Waals surface area contributed by atoms with Gasteiger partial charge in [0.25, 0.3) is 6.47 Å². The first-order valence-electron chi connectivity index (χ1n) is 5.42. The lowest BCUT2D eigenvalue weighted by atomic mass is 10.1. The van der Waals surface area contributed by atoms with Crippen LogP contribution in [-0.4, -0.2) is 21.6 Å². The van der Waals surface area contributed by atoms with Crippen molar-refractivity contribution in [3.05, 3.63) is 35.5 Å². The van der Waals surface area contributed by atoms with Gasteiger partial charge in [-0.15, -0.1) is 0 Å². The predicted octanol–water partition coefficient (Wildman–Crippen LogP) is 2.69. The number of halogens is 1. The first kappa shape index (κ1) is 12.8. The third-order valence-corrected chi connectivity index (χ3v) is 3.19. The van der Waals surface area contributed by atoms with E-state index < -0.39 is 5.01 Å². The number of alkyl halides is 1. The quantitative estimate of drug-likeness (QED) is 0.697. The van der Waals surface area contributed by atoms with Gasteiger partial charge >= 0.3 is 0 Å². The lowest BCUT2D eigenvalue weighted by Gasteiger charge is -2.11. The van der Waals surface area contributed by atoms with Gasteiger partial charge in [0.15, 0.2) is 5.01 Å². The molecule has 1 aromatic heterocycles. The van der Waals surface area contributed by atoms with Crippen molar-refractivity contribution in [3.8, 4) is 5.75 Å². The van der Waals surface area contributed by atoms with Crippen LogP contribution in [0, 0.1) is 6.92 Å². The van der Waals surface area contributed by atoms with Gasteiger partial charge in [0.1, 0.15) is 5.75 Å². The fraction of sp³-hybridized carbons (Fsp3) is 0.231. The summed E-state index contributed by atoms with van der Waals surface area (Å²) in [6.07, 6.45) is 1.96. The Morgan fingerprint density at radius 2 is 2.33 bits per heavy atom. The number of benzene rings is 1. The minimum atomic E-state index is -0.468. The minimum absolute atomic E-state index is 0.183. The maximum Gasteiger partial charge on any atom is 0.294 e. The van der Waals surface area contributed by atoms with E-state index in [9.17, 15) is 9.90 Å². The molecule has 0 spiro atoms. The predicted molar refractivity (Wildman–Crippen MR) is 71.7 cm³/mol. The molecule has 0 aliphatic carbocycles. The molecule has 0 amide bonds. The largest absolute Gasteiger partial charge is 0.507 e. The van der Waals surface area contributed by atoms with Gasteiger partial charge in [-0.25, -0.2) is 0 Å². The number of aryl methyl sites for hydroxylation is 1. The van der Waals surface area contributed by atoms with E-state index in [4.69, 9.17) is 4.74 Å². The summed E-state index contributed by atoms with van der Waals surface area (Å²) in [5.41, 5.74) is 2.43. The van der Waals surface area contributed by atoms with Crippen molar-refractivity contribution < 1.29 is 14.6 Å². The summed E-state index contributed by atoms with van der Waals surface area (Å²) in [6.45, 7) is 2.32. The second-order valence-corrected chi connectivity index (χ2v) is 5.02. The highest BCUT2D eigenvalue weighted by atomic mass is 79.9. The molecule has 2 rings (SSSR count). The number of carbonyl (C=O) groups is 1. The van der Waals surface area contributed by atoms with Gasteiger partial charge in [0.2, 0.25) is 0 Å². The second kappa shape index (κ2) is 5.35.